The van der Waals surface area contributed by atoms with Crippen molar-refractivity contribution in [2.45, 2.75) is 76.9 Å². The third kappa shape index (κ3) is 3.74. The molecule has 0 aromatic heterocycles. The number of hydrogen-bond acceptors (Lipinski definition) is 3. The van der Waals surface area contributed by atoms with Gasteiger partial charge in [-0.3, -0.25) is 4.79 Å². The van der Waals surface area contributed by atoms with Crippen molar-refractivity contribution in [2.75, 3.05) is 5.32 Å². The smallest absolute Gasteiger partial charge is 0.399 e. The average Bonchev–Trinajstić information content (AvgIpc) is 2.83. The molecule has 140 valence electrons. The van der Waals surface area contributed by atoms with Gasteiger partial charge in [-0.2, -0.15) is 0 Å². The zero-order valence-electron chi connectivity index (χ0n) is 16.4. The summed E-state index contributed by atoms with van der Waals surface area (Å²) < 4.78 is 12.3. The Balaban J connectivity index is 1.92. The molecule has 1 saturated carbocycles. The first-order valence-electron chi connectivity index (χ1n) is 9.66. The lowest BCUT2D eigenvalue weighted by Gasteiger charge is -2.32. The summed E-state index contributed by atoms with van der Waals surface area (Å²) in [6, 6.07) is 6.22. The highest BCUT2D eigenvalue weighted by Gasteiger charge is 2.51. The van der Waals surface area contributed by atoms with E-state index in [2.05, 4.69) is 24.0 Å². The summed E-state index contributed by atoms with van der Waals surface area (Å²) in [7, 11) is -0.431. The fourth-order valence-electron chi connectivity index (χ4n) is 3.76. The lowest BCUT2D eigenvalue weighted by molar-refractivity contribution is -0.111. The third-order valence-corrected chi connectivity index (χ3v) is 6.09. The van der Waals surface area contributed by atoms with E-state index in [1.165, 1.54) is 43.7 Å². The van der Waals surface area contributed by atoms with Crippen LogP contribution >= 0.6 is 0 Å². The largest absolute Gasteiger partial charge is 0.494 e. The summed E-state index contributed by atoms with van der Waals surface area (Å²) in [6.07, 6.45) is 7.46. The molecule has 1 aliphatic carbocycles. The zero-order chi connectivity index (χ0) is 18.9. The first-order valence-corrected chi connectivity index (χ1v) is 9.66. The SMILES string of the molecule is C=CC(=O)Nc1cc(B2OC(C)(C)C(C)(C)O2)ccc1C1CCCCC1. The number of hydrogen-bond donors (Lipinski definition) is 1. The topological polar surface area (TPSA) is 47.6 Å². The maximum absolute atomic E-state index is 12.0. The molecule has 1 saturated heterocycles. The Kier molecular flexibility index (Phi) is 5.31. The van der Waals surface area contributed by atoms with Gasteiger partial charge in [0.25, 0.3) is 0 Å². The Morgan fingerprint density at radius 2 is 1.77 bits per heavy atom. The van der Waals surface area contributed by atoms with Gasteiger partial charge in [-0.15, -0.1) is 0 Å². The molecular weight excluding hydrogens is 325 g/mol. The molecule has 0 bridgehead atoms. The van der Waals surface area contributed by atoms with Gasteiger partial charge in [0.2, 0.25) is 5.91 Å². The number of carbonyl (C=O) groups excluding carboxylic acids is 1. The summed E-state index contributed by atoms with van der Waals surface area (Å²) >= 11 is 0. The van der Waals surface area contributed by atoms with E-state index in [0.717, 1.165) is 11.2 Å². The maximum atomic E-state index is 12.0. The summed E-state index contributed by atoms with van der Waals surface area (Å²) in [5, 5.41) is 2.99. The van der Waals surface area contributed by atoms with E-state index in [9.17, 15) is 4.79 Å². The standard InChI is InChI=1S/C21H30BNO3/c1-6-19(24)23-18-14-16(22-25-20(2,3)21(4,5)26-22)12-13-17(18)15-10-8-7-9-11-15/h6,12-15H,1,7-11H2,2-5H3,(H,23,24). The van der Waals surface area contributed by atoms with Crippen LogP contribution in [0.1, 0.15) is 71.3 Å². The Hall–Kier alpha value is -1.59. The van der Waals surface area contributed by atoms with Crippen LogP contribution in [0.5, 0.6) is 0 Å². The van der Waals surface area contributed by atoms with Crippen molar-refractivity contribution in [3.05, 3.63) is 36.4 Å². The molecule has 1 N–H and O–H groups in total. The molecule has 5 heteroatoms. The van der Waals surface area contributed by atoms with Crippen LogP contribution < -0.4 is 10.8 Å². The molecule has 0 atom stereocenters. The van der Waals surface area contributed by atoms with Crippen LogP contribution in [0, 0.1) is 0 Å². The summed E-state index contributed by atoms with van der Waals surface area (Å²) in [6.45, 7) is 11.8. The molecule has 2 aliphatic rings. The normalized spacial score (nSPS) is 22.2. The number of benzene rings is 1. The van der Waals surface area contributed by atoms with Crippen LogP contribution in [-0.2, 0) is 14.1 Å². The van der Waals surface area contributed by atoms with Gasteiger partial charge < -0.3 is 14.6 Å². The molecule has 2 fully saturated rings. The lowest BCUT2D eigenvalue weighted by Crippen LogP contribution is -2.41. The lowest BCUT2D eigenvalue weighted by atomic mass is 9.76. The monoisotopic (exact) mass is 355 g/mol. The van der Waals surface area contributed by atoms with Crippen molar-refractivity contribution in [2.24, 2.45) is 0 Å². The van der Waals surface area contributed by atoms with Gasteiger partial charge >= 0.3 is 7.12 Å². The molecule has 4 nitrogen and oxygen atoms in total. The van der Waals surface area contributed by atoms with Crippen molar-refractivity contribution in [3.63, 3.8) is 0 Å². The number of rotatable bonds is 4. The summed E-state index contributed by atoms with van der Waals surface area (Å²) in [5.74, 6) is 0.310. The predicted molar refractivity (Wildman–Crippen MR) is 107 cm³/mol. The van der Waals surface area contributed by atoms with Gasteiger partial charge in [0.15, 0.2) is 0 Å². The highest BCUT2D eigenvalue weighted by atomic mass is 16.7. The Morgan fingerprint density at radius 1 is 1.15 bits per heavy atom. The van der Waals surface area contributed by atoms with Gasteiger partial charge in [-0.25, -0.2) is 0 Å². The van der Waals surface area contributed by atoms with Crippen molar-refractivity contribution in [1.29, 1.82) is 0 Å². The molecule has 1 amide bonds. The van der Waals surface area contributed by atoms with E-state index in [0.29, 0.717) is 5.92 Å². The van der Waals surface area contributed by atoms with Gasteiger partial charge in [0.05, 0.1) is 11.2 Å². The second-order valence-corrected chi connectivity index (χ2v) is 8.46. The first-order chi connectivity index (χ1) is 12.2. The van der Waals surface area contributed by atoms with Crippen LogP contribution in [0.4, 0.5) is 5.69 Å². The van der Waals surface area contributed by atoms with E-state index in [-0.39, 0.29) is 17.1 Å². The first kappa shape index (κ1) is 19.2. The molecule has 3 rings (SSSR count). The van der Waals surface area contributed by atoms with E-state index in [4.69, 9.17) is 9.31 Å². The van der Waals surface area contributed by atoms with E-state index in [1.54, 1.807) is 0 Å². The van der Waals surface area contributed by atoms with Crippen LogP contribution in [-0.4, -0.2) is 24.2 Å². The van der Waals surface area contributed by atoms with Crippen molar-refractivity contribution < 1.29 is 14.1 Å². The molecule has 1 aliphatic heterocycles. The minimum atomic E-state index is -0.431. The van der Waals surface area contributed by atoms with Crippen LogP contribution in [0.2, 0.25) is 0 Å². The van der Waals surface area contributed by atoms with E-state index in [1.807, 2.05) is 33.8 Å². The summed E-state index contributed by atoms with van der Waals surface area (Å²) in [5.41, 5.74) is 2.23. The maximum Gasteiger partial charge on any atom is 0.494 e. The van der Waals surface area contributed by atoms with Crippen LogP contribution in [0.15, 0.2) is 30.9 Å². The number of carbonyl (C=O) groups is 1. The summed E-state index contributed by atoms with van der Waals surface area (Å²) in [4.78, 5) is 12.0. The van der Waals surface area contributed by atoms with E-state index >= 15 is 0 Å². The number of anilines is 1. The molecule has 1 aromatic rings. The molecule has 0 radical (unpaired) electrons. The molecule has 1 aromatic carbocycles. The number of amides is 1. The molecule has 26 heavy (non-hydrogen) atoms. The second kappa shape index (κ2) is 7.20. The minimum absolute atomic E-state index is 0.187. The van der Waals surface area contributed by atoms with Crippen molar-refractivity contribution >= 4 is 24.2 Å². The van der Waals surface area contributed by atoms with E-state index < -0.39 is 7.12 Å². The quantitative estimate of drug-likeness (QED) is 0.652. The Labute approximate surface area is 157 Å². The number of nitrogens with one attached hydrogen (secondary N) is 1. The molecular formula is C21H30BNO3. The van der Waals surface area contributed by atoms with Gasteiger partial charge in [0, 0.05) is 5.69 Å². The predicted octanol–water partition coefficient (Wildman–Crippen LogP) is 4.16. The molecule has 0 spiro atoms. The molecule has 0 unspecified atom stereocenters. The average molecular weight is 355 g/mol. The van der Waals surface area contributed by atoms with Crippen molar-refractivity contribution in [1.82, 2.24) is 0 Å². The van der Waals surface area contributed by atoms with Crippen LogP contribution in [0.3, 0.4) is 0 Å². The van der Waals surface area contributed by atoms with Crippen molar-refractivity contribution in [3.8, 4) is 0 Å². The Morgan fingerprint density at radius 3 is 2.35 bits per heavy atom. The highest BCUT2D eigenvalue weighted by Crippen LogP contribution is 2.38. The fourth-order valence-corrected chi connectivity index (χ4v) is 3.76. The molecule has 1 heterocycles. The zero-order valence-corrected chi connectivity index (χ0v) is 16.4. The minimum Gasteiger partial charge on any atom is -0.399 e. The third-order valence-electron chi connectivity index (χ3n) is 6.09. The highest BCUT2D eigenvalue weighted by molar-refractivity contribution is 6.62. The Bertz CT molecular complexity index is 676. The van der Waals surface area contributed by atoms with Gasteiger partial charge in [-0.1, -0.05) is 38.0 Å². The van der Waals surface area contributed by atoms with Crippen LogP contribution in [0.25, 0.3) is 0 Å². The van der Waals surface area contributed by atoms with Gasteiger partial charge in [-0.05, 0) is 69.6 Å². The second-order valence-electron chi connectivity index (χ2n) is 8.46. The van der Waals surface area contributed by atoms with Gasteiger partial charge in [0.1, 0.15) is 0 Å². The fraction of sp³-hybridized carbons (Fsp3) is 0.571.